The second kappa shape index (κ2) is 8.77. The third-order valence-electron chi connectivity index (χ3n) is 5.06. The van der Waals surface area contributed by atoms with Gasteiger partial charge in [0.15, 0.2) is 0 Å². The molecule has 0 aliphatic heterocycles. The van der Waals surface area contributed by atoms with Crippen molar-refractivity contribution in [3.05, 3.63) is 109 Å². The normalized spacial score (nSPS) is 10.8. The van der Waals surface area contributed by atoms with Crippen LogP contribution in [-0.2, 0) is 6.54 Å². The van der Waals surface area contributed by atoms with Gasteiger partial charge in [0, 0.05) is 35.6 Å². The van der Waals surface area contributed by atoms with Crippen LogP contribution in [-0.4, -0.2) is 24.7 Å². The zero-order valence-electron chi connectivity index (χ0n) is 17.1. The maximum absolute atomic E-state index is 14.8. The van der Waals surface area contributed by atoms with Crippen LogP contribution < -0.4 is 5.32 Å². The Kier molecular flexibility index (Phi) is 5.36. The molecule has 0 fully saturated rings. The van der Waals surface area contributed by atoms with E-state index in [-0.39, 0.29) is 5.82 Å². The molecule has 2 aromatic carbocycles. The van der Waals surface area contributed by atoms with Crippen molar-refractivity contribution in [3.8, 4) is 28.2 Å². The van der Waals surface area contributed by atoms with E-state index < -0.39 is 0 Å². The quantitative estimate of drug-likeness (QED) is 0.410. The van der Waals surface area contributed by atoms with E-state index >= 15 is 0 Å². The van der Waals surface area contributed by atoms with Gasteiger partial charge in [0.2, 0.25) is 0 Å². The number of hydrogen-bond donors (Lipinski definition) is 1. The average molecular weight is 422 g/mol. The number of benzene rings is 2. The average Bonchev–Trinajstić information content (AvgIpc) is 3.28. The van der Waals surface area contributed by atoms with E-state index in [4.69, 9.17) is 0 Å². The lowest BCUT2D eigenvalue weighted by molar-refractivity contribution is 0.629. The topological polar surface area (TPSA) is 68.5 Å². The van der Waals surface area contributed by atoms with Gasteiger partial charge >= 0.3 is 0 Å². The van der Waals surface area contributed by atoms with Gasteiger partial charge < -0.3 is 5.32 Å². The number of halogens is 1. The predicted octanol–water partition coefficient (Wildman–Crippen LogP) is 5.14. The lowest BCUT2D eigenvalue weighted by Crippen LogP contribution is -2.05. The van der Waals surface area contributed by atoms with Crippen LogP contribution in [0.25, 0.3) is 28.2 Å². The summed E-state index contributed by atoms with van der Waals surface area (Å²) in [5, 5.41) is 7.77. The SMILES string of the molecule is Fc1ccccc1-c1c(CNc2cnccn2)cnn1-c1ccc(-c2ccccc2)nc1. The highest BCUT2D eigenvalue weighted by Gasteiger charge is 2.18. The third kappa shape index (κ3) is 3.96. The van der Waals surface area contributed by atoms with Crippen LogP contribution in [0.4, 0.5) is 10.2 Å². The number of pyridine rings is 1. The maximum atomic E-state index is 14.8. The van der Waals surface area contributed by atoms with Gasteiger partial charge in [0.05, 0.1) is 35.7 Å². The fourth-order valence-electron chi connectivity index (χ4n) is 3.51. The molecule has 0 aliphatic carbocycles. The summed E-state index contributed by atoms with van der Waals surface area (Å²) in [4.78, 5) is 12.9. The molecule has 5 rings (SSSR count). The number of nitrogens with zero attached hydrogens (tertiary/aromatic N) is 5. The Morgan fingerprint density at radius 1 is 0.812 bits per heavy atom. The Labute approximate surface area is 184 Å². The highest BCUT2D eigenvalue weighted by molar-refractivity contribution is 5.67. The van der Waals surface area contributed by atoms with Crippen molar-refractivity contribution >= 4 is 5.82 Å². The van der Waals surface area contributed by atoms with Crippen LogP contribution in [0.5, 0.6) is 0 Å². The zero-order valence-corrected chi connectivity index (χ0v) is 17.1. The van der Waals surface area contributed by atoms with Gasteiger partial charge in [-0.2, -0.15) is 5.10 Å². The molecule has 0 spiro atoms. The standard InChI is InChI=1S/C25H19FN6/c26-22-9-5-4-8-21(22)25-19(14-30-24-17-27-12-13-28-24)15-31-32(25)20-10-11-23(29-16-20)18-6-2-1-3-7-18/h1-13,15-17H,14H2,(H,28,30). The predicted molar refractivity (Wildman–Crippen MR) is 122 cm³/mol. The molecule has 32 heavy (non-hydrogen) atoms. The van der Waals surface area contributed by atoms with Crippen LogP contribution >= 0.6 is 0 Å². The second-order valence-corrected chi connectivity index (χ2v) is 7.12. The summed E-state index contributed by atoms with van der Waals surface area (Å²) in [6.07, 6.45) is 8.35. The fraction of sp³-hybridized carbons (Fsp3) is 0.0400. The summed E-state index contributed by atoms with van der Waals surface area (Å²) in [7, 11) is 0. The zero-order chi connectivity index (χ0) is 21.8. The Hall–Kier alpha value is -4.39. The van der Waals surface area contributed by atoms with Crippen molar-refractivity contribution < 1.29 is 4.39 Å². The first-order valence-corrected chi connectivity index (χ1v) is 10.1. The monoisotopic (exact) mass is 422 g/mol. The summed E-state index contributed by atoms with van der Waals surface area (Å²) in [5.41, 5.74) is 4.59. The summed E-state index contributed by atoms with van der Waals surface area (Å²) in [5.74, 6) is 0.317. The van der Waals surface area contributed by atoms with E-state index in [1.54, 1.807) is 47.8 Å². The van der Waals surface area contributed by atoms with E-state index in [0.29, 0.717) is 23.6 Å². The van der Waals surface area contributed by atoms with Crippen LogP contribution in [0.15, 0.2) is 97.7 Å². The molecule has 7 heteroatoms. The van der Waals surface area contributed by atoms with Crippen molar-refractivity contribution in [2.24, 2.45) is 0 Å². The number of rotatable bonds is 6. The Morgan fingerprint density at radius 3 is 2.41 bits per heavy atom. The lowest BCUT2D eigenvalue weighted by Gasteiger charge is -2.12. The van der Waals surface area contributed by atoms with E-state index in [1.807, 2.05) is 48.5 Å². The fourth-order valence-corrected chi connectivity index (χ4v) is 3.51. The van der Waals surface area contributed by atoms with E-state index in [0.717, 1.165) is 22.5 Å². The van der Waals surface area contributed by atoms with Crippen LogP contribution in [0.1, 0.15) is 5.56 Å². The molecule has 0 saturated carbocycles. The van der Waals surface area contributed by atoms with Gasteiger partial charge in [0.25, 0.3) is 0 Å². The number of hydrogen-bond acceptors (Lipinski definition) is 5. The molecular formula is C25H19FN6. The van der Waals surface area contributed by atoms with Crippen molar-refractivity contribution in [1.29, 1.82) is 0 Å². The molecule has 0 radical (unpaired) electrons. The number of aromatic nitrogens is 5. The Bertz CT molecular complexity index is 1320. The largest absolute Gasteiger partial charge is 0.365 e. The highest BCUT2D eigenvalue weighted by atomic mass is 19.1. The van der Waals surface area contributed by atoms with E-state index in [1.165, 1.54) is 6.07 Å². The molecule has 0 bridgehead atoms. The number of nitrogens with one attached hydrogen (secondary N) is 1. The van der Waals surface area contributed by atoms with Crippen molar-refractivity contribution in [2.45, 2.75) is 6.54 Å². The minimum absolute atomic E-state index is 0.316. The molecule has 0 saturated heterocycles. The summed E-state index contributed by atoms with van der Waals surface area (Å²) in [6, 6.07) is 20.5. The van der Waals surface area contributed by atoms with Crippen LogP contribution in [0, 0.1) is 5.82 Å². The minimum atomic E-state index is -0.316. The number of anilines is 1. The molecular weight excluding hydrogens is 403 g/mol. The third-order valence-corrected chi connectivity index (χ3v) is 5.06. The van der Waals surface area contributed by atoms with Gasteiger partial charge in [-0.1, -0.05) is 42.5 Å². The van der Waals surface area contributed by atoms with Gasteiger partial charge in [-0.25, -0.2) is 14.1 Å². The first-order chi connectivity index (χ1) is 15.8. The first kappa shape index (κ1) is 19.6. The van der Waals surface area contributed by atoms with Gasteiger partial charge in [0.1, 0.15) is 11.6 Å². The van der Waals surface area contributed by atoms with Crippen molar-refractivity contribution in [2.75, 3.05) is 5.32 Å². The second-order valence-electron chi connectivity index (χ2n) is 7.12. The summed E-state index contributed by atoms with van der Waals surface area (Å²) in [6.45, 7) is 0.415. The summed E-state index contributed by atoms with van der Waals surface area (Å²) < 4.78 is 16.5. The van der Waals surface area contributed by atoms with Gasteiger partial charge in [-0.3, -0.25) is 9.97 Å². The molecule has 3 heterocycles. The van der Waals surface area contributed by atoms with Crippen LogP contribution in [0.2, 0.25) is 0 Å². The maximum Gasteiger partial charge on any atom is 0.144 e. The van der Waals surface area contributed by atoms with Gasteiger partial charge in [-0.15, -0.1) is 0 Å². The molecule has 0 amide bonds. The van der Waals surface area contributed by atoms with E-state index in [2.05, 4.69) is 25.4 Å². The smallest absolute Gasteiger partial charge is 0.144 e. The molecule has 3 aromatic heterocycles. The molecule has 6 nitrogen and oxygen atoms in total. The Balaban J connectivity index is 1.53. The summed E-state index contributed by atoms with van der Waals surface area (Å²) >= 11 is 0. The molecule has 5 aromatic rings. The van der Waals surface area contributed by atoms with E-state index in [9.17, 15) is 4.39 Å². The molecule has 0 unspecified atom stereocenters. The van der Waals surface area contributed by atoms with Gasteiger partial charge in [-0.05, 0) is 24.3 Å². The van der Waals surface area contributed by atoms with Crippen LogP contribution in [0.3, 0.4) is 0 Å². The Morgan fingerprint density at radius 2 is 1.66 bits per heavy atom. The highest BCUT2D eigenvalue weighted by Crippen LogP contribution is 2.29. The molecule has 156 valence electrons. The van der Waals surface area contributed by atoms with Crippen molar-refractivity contribution in [3.63, 3.8) is 0 Å². The molecule has 0 aliphatic rings. The minimum Gasteiger partial charge on any atom is -0.365 e. The molecule has 1 N–H and O–H groups in total. The lowest BCUT2D eigenvalue weighted by atomic mass is 10.1. The molecule has 0 atom stereocenters. The van der Waals surface area contributed by atoms with Crippen molar-refractivity contribution in [1.82, 2.24) is 24.7 Å². The first-order valence-electron chi connectivity index (χ1n) is 10.1.